The number of hydrogen-bond acceptors (Lipinski definition) is 4. The van der Waals surface area contributed by atoms with Gasteiger partial charge in [0.2, 0.25) is 10.0 Å². The fraction of sp³-hybridized carbons (Fsp3) is 0.938. The lowest BCUT2D eigenvalue weighted by Gasteiger charge is -2.27. The monoisotopic (exact) mass is 361 g/mol. The molecule has 0 aromatic heterocycles. The normalized spacial score (nSPS) is 19.5. The van der Waals surface area contributed by atoms with Gasteiger partial charge in [0.25, 0.3) is 0 Å². The Kier molecular flexibility index (Phi) is 9.01. The Hall–Kier alpha value is -0.860. The lowest BCUT2D eigenvalue weighted by Crippen LogP contribution is -2.45. The zero-order chi connectivity index (χ0) is 18.2. The SMILES string of the molecule is CCN(CC)C1CCN(C(=NC)NCCS(=O)(=O)N(CC)CC)C1. The van der Waals surface area contributed by atoms with Crippen molar-refractivity contribution in [3.05, 3.63) is 0 Å². The molecule has 1 aliphatic heterocycles. The van der Waals surface area contributed by atoms with Gasteiger partial charge in [0.15, 0.2) is 5.96 Å². The summed E-state index contributed by atoms with van der Waals surface area (Å²) < 4.78 is 26.0. The van der Waals surface area contributed by atoms with Gasteiger partial charge in [-0.05, 0) is 19.5 Å². The van der Waals surface area contributed by atoms with Crippen LogP contribution in [0.1, 0.15) is 34.1 Å². The minimum absolute atomic E-state index is 0.0982. The van der Waals surface area contributed by atoms with Crippen molar-refractivity contribution in [1.82, 2.24) is 19.4 Å². The van der Waals surface area contributed by atoms with E-state index in [2.05, 4.69) is 34.0 Å². The van der Waals surface area contributed by atoms with Crippen LogP contribution in [-0.2, 0) is 10.0 Å². The Balaban J connectivity index is 2.52. The second kappa shape index (κ2) is 10.2. The van der Waals surface area contributed by atoms with Crippen LogP contribution in [0.15, 0.2) is 4.99 Å². The van der Waals surface area contributed by atoms with Gasteiger partial charge in [-0.1, -0.05) is 27.7 Å². The van der Waals surface area contributed by atoms with Gasteiger partial charge in [0.05, 0.1) is 5.75 Å². The second-order valence-corrected chi connectivity index (χ2v) is 8.07. The molecule has 0 aromatic rings. The molecular weight excluding hydrogens is 326 g/mol. The molecule has 0 aromatic carbocycles. The van der Waals surface area contributed by atoms with Crippen molar-refractivity contribution in [3.8, 4) is 0 Å². The minimum atomic E-state index is -3.19. The van der Waals surface area contributed by atoms with Crippen LogP contribution in [0.2, 0.25) is 0 Å². The van der Waals surface area contributed by atoms with E-state index in [0.717, 1.165) is 38.6 Å². The molecule has 24 heavy (non-hydrogen) atoms. The van der Waals surface area contributed by atoms with Crippen molar-refractivity contribution in [2.24, 2.45) is 4.99 Å². The van der Waals surface area contributed by atoms with Crippen LogP contribution in [0.3, 0.4) is 0 Å². The van der Waals surface area contributed by atoms with E-state index >= 15 is 0 Å². The molecule has 1 unspecified atom stereocenters. The number of hydrogen-bond donors (Lipinski definition) is 1. The lowest BCUT2D eigenvalue weighted by atomic mass is 10.2. The standard InChI is InChI=1S/C16H35N5O2S/c1-6-19(7-2)15-10-12-20(14-15)16(17-5)18-11-13-24(22,23)21(8-3)9-4/h15H,6-14H2,1-5H3,(H,17,18). The number of guanidine groups is 1. The Morgan fingerprint density at radius 2 is 1.79 bits per heavy atom. The first-order valence-electron chi connectivity index (χ1n) is 9.10. The first-order chi connectivity index (χ1) is 11.4. The highest BCUT2D eigenvalue weighted by Crippen LogP contribution is 2.15. The molecule has 0 saturated carbocycles. The van der Waals surface area contributed by atoms with Gasteiger partial charge in [-0.2, -0.15) is 0 Å². The van der Waals surface area contributed by atoms with E-state index in [1.54, 1.807) is 7.05 Å². The maximum atomic E-state index is 12.2. The molecule has 1 saturated heterocycles. The van der Waals surface area contributed by atoms with Gasteiger partial charge in [0.1, 0.15) is 0 Å². The molecule has 1 heterocycles. The van der Waals surface area contributed by atoms with E-state index in [-0.39, 0.29) is 5.75 Å². The van der Waals surface area contributed by atoms with Crippen LogP contribution in [0.5, 0.6) is 0 Å². The molecule has 1 rings (SSSR count). The Morgan fingerprint density at radius 1 is 1.17 bits per heavy atom. The summed E-state index contributed by atoms with van der Waals surface area (Å²) in [6.45, 7) is 13.6. The zero-order valence-electron chi connectivity index (χ0n) is 16.0. The summed E-state index contributed by atoms with van der Waals surface area (Å²) in [6.07, 6.45) is 1.13. The van der Waals surface area contributed by atoms with Crippen LogP contribution < -0.4 is 5.32 Å². The van der Waals surface area contributed by atoms with Gasteiger partial charge in [-0.25, -0.2) is 12.7 Å². The number of sulfonamides is 1. The molecule has 0 bridgehead atoms. The van der Waals surface area contributed by atoms with E-state index in [9.17, 15) is 8.42 Å². The summed E-state index contributed by atoms with van der Waals surface area (Å²) in [5.41, 5.74) is 0. The summed E-state index contributed by atoms with van der Waals surface area (Å²) in [5, 5.41) is 3.22. The molecule has 0 spiro atoms. The van der Waals surface area contributed by atoms with Crippen molar-refractivity contribution in [2.45, 2.75) is 40.2 Å². The van der Waals surface area contributed by atoms with Gasteiger partial charge in [0, 0.05) is 45.8 Å². The van der Waals surface area contributed by atoms with E-state index in [1.165, 1.54) is 4.31 Å². The zero-order valence-corrected chi connectivity index (χ0v) is 16.8. The highest BCUT2D eigenvalue weighted by atomic mass is 32.2. The average molecular weight is 362 g/mol. The maximum absolute atomic E-state index is 12.2. The Bertz CT molecular complexity index is 487. The van der Waals surface area contributed by atoms with Gasteiger partial charge >= 0.3 is 0 Å². The maximum Gasteiger partial charge on any atom is 0.215 e. The van der Waals surface area contributed by atoms with Crippen LogP contribution >= 0.6 is 0 Å². The van der Waals surface area contributed by atoms with Gasteiger partial charge < -0.3 is 10.2 Å². The number of rotatable bonds is 9. The first-order valence-corrected chi connectivity index (χ1v) is 10.7. The number of likely N-dealkylation sites (tertiary alicyclic amines) is 1. The summed E-state index contributed by atoms with van der Waals surface area (Å²) in [5.74, 6) is 0.903. The van der Waals surface area contributed by atoms with Crippen molar-refractivity contribution in [3.63, 3.8) is 0 Å². The molecule has 1 atom stereocenters. The quantitative estimate of drug-likeness (QED) is 0.482. The highest BCUT2D eigenvalue weighted by molar-refractivity contribution is 7.89. The van der Waals surface area contributed by atoms with E-state index < -0.39 is 10.0 Å². The van der Waals surface area contributed by atoms with E-state index in [1.807, 2.05) is 13.8 Å². The fourth-order valence-electron chi connectivity index (χ4n) is 3.34. The molecule has 1 N–H and O–H groups in total. The van der Waals surface area contributed by atoms with Crippen LogP contribution in [0, 0.1) is 0 Å². The van der Waals surface area contributed by atoms with Crippen molar-refractivity contribution in [2.75, 3.05) is 58.6 Å². The number of nitrogens with one attached hydrogen (secondary N) is 1. The van der Waals surface area contributed by atoms with Crippen molar-refractivity contribution >= 4 is 16.0 Å². The average Bonchev–Trinajstić information content (AvgIpc) is 3.03. The van der Waals surface area contributed by atoms with Crippen LogP contribution in [0.25, 0.3) is 0 Å². The summed E-state index contributed by atoms with van der Waals surface area (Å²) in [4.78, 5) is 9.02. The third-order valence-electron chi connectivity index (χ3n) is 4.75. The largest absolute Gasteiger partial charge is 0.355 e. The second-order valence-electron chi connectivity index (χ2n) is 5.98. The molecule has 0 amide bonds. The molecule has 8 heteroatoms. The molecule has 7 nitrogen and oxygen atoms in total. The van der Waals surface area contributed by atoms with E-state index in [0.29, 0.717) is 25.7 Å². The molecule has 142 valence electrons. The molecule has 1 fully saturated rings. The summed E-state index contributed by atoms with van der Waals surface area (Å²) in [6, 6.07) is 0.554. The number of nitrogens with zero attached hydrogens (tertiary/aromatic N) is 4. The first kappa shape index (κ1) is 21.2. The minimum Gasteiger partial charge on any atom is -0.355 e. The Morgan fingerprint density at radius 3 is 2.29 bits per heavy atom. The van der Waals surface area contributed by atoms with Crippen LogP contribution in [-0.4, -0.2) is 93.1 Å². The predicted octanol–water partition coefficient (Wildman–Crippen LogP) is 0.650. The molecule has 0 radical (unpaired) electrons. The third kappa shape index (κ3) is 5.60. The van der Waals surface area contributed by atoms with E-state index in [4.69, 9.17) is 0 Å². The number of aliphatic imine (C=N–C) groups is 1. The molecule has 0 aliphatic carbocycles. The Labute approximate surface area is 148 Å². The number of likely N-dealkylation sites (N-methyl/N-ethyl adjacent to an activating group) is 1. The van der Waals surface area contributed by atoms with Crippen molar-refractivity contribution < 1.29 is 8.42 Å². The molecular formula is C16H35N5O2S. The summed E-state index contributed by atoms with van der Waals surface area (Å²) >= 11 is 0. The predicted molar refractivity (Wildman–Crippen MR) is 101 cm³/mol. The van der Waals surface area contributed by atoms with Gasteiger partial charge in [-0.3, -0.25) is 9.89 Å². The smallest absolute Gasteiger partial charge is 0.215 e. The van der Waals surface area contributed by atoms with Crippen molar-refractivity contribution in [1.29, 1.82) is 0 Å². The van der Waals surface area contributed by atoms with Gasteiger partial charge in [-0.15, -0.1) is 0 Å². The highest BCUT2D eigenvalue weighted by Gasteiger charge is 2.28. The third-order valence-corrected chi connectivity index (χ3v) is 6.77. The summed E-state index contributed by atoms with van der Waals surface area (Å²) in [7, 11) is -1.44. The van der Waals surface area contributed by atoms with Crippen LogP contribution in [0.4, 0.5) is 0 Å². The fourth-order valence-corrected chi connectivity index (χ4v) is 4.75. The topological polar surface area (TPSA) is 68.2 Å². The molecule has 1 aliphatic rings. The lowest BCUT2D eigenvalue weighted by molar-refractivity contribution is 0.223.